The van der Waals surface area contributed by atoms with Crippen LogP contribution in [0.4, 0.5) is 0 Å². The molecule has 0 saturated heterocycles. The minimum atomic E-state index is -0.792. The third-order valence-corrected chi connectivity index (χ3v) is 4.93. The second kappa shape index (κ2) is 6.61. The SMILES string of the molecule is O=C(NC1CCC(O)(c2cccnc2)CC1)C1=CCCCC1. The van der Waals surface area contributed by atoms with Gasteiger partial charge in [0.2, 0.25) is 5.91 Å². The molecule has 1 fully saturated rings. The van der Waals surface area contributed by atoms with E-state index < -0.39 is 5.60 Å². The maximum absolute atomic E-state index is 12.2. The van der Waals surface area contributed by atoms with Crippen molar-refractivity contribution in [3.8, 4) is 0 Å². The van der Waals surface area contributed by atoms with Crippen LogP contribution >= 0.6 is 0 Å². The Morgan fingerprint density at radius 2 is 2.14 bits per heavy atom. The summed E-state index contributed by atoms with van der Waals surface area (Å²) in [7, 11) is 0. The zero-order chi connectivity index (χ0) is 15.4. The first-order valence-electron chi connectivity index (χ1n) is 8.30. The van der Waals surface area contributed by atoms with Gasteiger partial charge >= 0.3 is 0 Å². The molecule has 0 aromatic carbocycles. The third-order valence-electron chi connectivity index (χ3n) is 4.93. The number of carbonyl (C=O) groups excluding carboxylic acids is 1. The van der Waals surface area contributed by atoms with Crippen LogP contribution in [0.3, 0.4) is 0 Å². The average molecular weight is 300 g/mol. The summed E-state index contributed by atoms with van der Waals surface area (Å²) in [5.74, 6) is 0.0940. The molecule has 1 aromatic rings. The van der Waals surface area contributed by atoms with Crippen LogP contribution < -0.4 is 5.32 Å². The molecule has 1 aromatic heterocycles. The van der Waals surface area contributed by atoms with Crippen LogP contribution in [0.2, 0.25) is 0 Å². The molecule has 0 radical (unpaired) electrons. The van der Waals surface area contributed by atoms with Gasteiger partial charge in [0, 0.05) is 29.6 Å². The summed E-state index contributed by atoms with van der Waals surface area (Å²) >= 11 is 0. The lowest BCUT2D eigenvalue weighted by molar-refractivity contribution is -0.119. The standard InChI is InChI=1S/C18H24N2O2/c21-17(14-5-2-1-3-6-14)20-16-8-10-18(22,11-9-16)15-7-4-12-19-13-15/h4-5,7,12-13,16,22H,1-3,6,8-11H2,(H,20,21). The summed E-state index contributed by atoms with van der Waals surface area (Å²) in [5, 5.41) is 13.9. The van der Waals surface area contributed by atoms with Gasteiger partial charge < -0.3 is 10.4 Å². The predicted octanol–water partition coefficient (Wildman–Crippen LogP) is 2.83. The lowest BCUT2D eigenvalue weighted by Crippen LogP contribution is -2.42. The quantitative estimate of drug-likeness (QED) is 0.902. The Hall–Kier alpha value is -1.68. The van der Waals surface area contributed by atoms with Crippen molar-refractivity contribution in [1.82, 2.24) is 10.3 Å². The van der Waals surface area contributed by atoms with E-state index in [1.807, 2.05) is 12.1 Å². The molecule has 1 heterocycles. The van der Waals surface area contributed by atoms with Crippen molar-refractivity contribution >= 4 is 5.91 Å². The molecule has 22 heavy (non-hydrogen) atoms. The summed E-state index contributed by atoms with van der Waals surface area (Å²) < 4.78 is 0. The van der Waals surface area contributed by atoms with E-state index in [-0.39, 0.29) is 11.9 Å². The number of aliphatic hydroxyl groups is 1. The van der Waals surface area contributed by atoms with Crippen LogP contribution in [-0.4, -0.2) is 22.0 Å². The lowest BCUT2D eigenvalue weighted by atomic mass is 9.78. The minimum absolute atomic E-state index is 0.0940. The molecule has 0 aliphatic heterocycles. The zero-order valence-electron chi connectivity index (χ0n) is 12.9. The van der Waals surface area contributed by atoms with Gasteiger partial charge in [0.25, 0.3) is 0 Å². The number of hydrogen-bond acceptors (Lipinski definition) is 3. The van der Waals surface area contributed by atoms with Gasteiger partial charge in [0.15, 0.2) is 0 Å². The van der Waals surface area contributed by atoms with Crippen molar-refractivity contribution in [2.75, 3.05) is 0 Å². The van der Waals surface area contributed by atoms with Crippen LogP contribution in [0, 0.1) is 0 Å². The van der Waals surface area contributed by atoms with E-state index >= 15 is 0 Å². The highest BCUT2D eigenvalue weighted by Gasteiger charge is 2.35. The van der Waals surface area contributed by atoms with Crippen molar-refractivity contribution in [1.29, 1.82) is 0 Å². The number of hydrogen-bond donors (Lipinski definition) is 2. The molecule has 0 bridgehead atoms. The largest absolute Gasteiger partial charge is 0.385 e. The molecule has 1 amide bonds. The zero-order valence-corrected chi connectivity index (χ0v) is 12.9. The molecule has 3 rings (SSSR count). The van der Waals surface area contributed by atoms with Crippen LogP contribution in [0.5, 0.6) is 0 Å². The monoisotopic (exact) mass is 300 g/mol. The van der Waals surface area contributed by atoms with Crippen LogP contribution in [0.15, 0.2) is 36.2 Å². The number of aromatic nitrogens is 1. The number of nitrogens with one attached hydrogen (secondary N) is 1. The highest BCUT2D eigenvalue weighted by atomic mass is 16.3. The highest BCUT2D eigenvalue weighted by molar-refractivity contribution is 5.93. The first-order valence-corrected chi connectivity index (χ1v) is 8.30. The number of allylic oxidation sites excluding steroid dienone is 1. The average Bonchev–Trinajstić information content (AvgIpc) is 2.59. The summed E-state index contributed by atoms with van der Waals surface area (Å²) in [6.45, 7) is 0. The Labute approximate surface area is 131 Å². The molecule has 118 valence electrons. The van der Waals surface area contributed by atoms with Crippen molar-refractivity contribution < 1.29 is 9.90 Å². The van der Waals surface area contributed by atoms with Gasteiger partial charge in [0.1, 0.15) is 0 Å². The van der Waals surface area contributed by atoms with E-state index in [0.717, 1.165) is 43.2 Å². The number of amides is 1. The summed E-state index contributed by atoms with van der Waals surface area (Å²) in [6, 6.07) is 3.96. The molecule has 0 atom stereocenters. The maximum atomic E-state index is 12.2. The first kappa shape index (κ1) is 15.2. The van der Waals surface area contributed by atoms with Gasteiger partial charge in [0.05, 0.1) is 5.60 Å². The predicted molar refractivity (Wildman–Crippen MR) is 85.1 cm³/mol. The minimum Gasteiger partial charge on any atom is -0.385 e. The van der Waals surface area contributed by atoms with Crippen molar-refractivity contribution in [2.45, 2.75) is 63.0 Å². The molecule has 4 heteroatoms. The molecule has 0 unspecified atom stereocenters. The first-order chi connectivity index (χ1) is 10.7. The van der Waals surface area contributed by atoms with Crippen molar-refractivity contribution in [2.24, 2.45) is 0 Å². The number of nitrogens with zero attached hydrogens (tertiary/aromatic N) is 1. The lowest BCUT2D eigenvalue weighted by Gasteiger charge is -2.36. The summed E-state index contributed by atoms with van der Waals surface area (Å²) in [5.41, 5.74) is 1.04. The highest BCUT2D eigenvalue weighted by Crippen LogP contribution is 2.36. The second-order valence-electron chi connectivity index (χ2n) is 6.50. The fourth-order valence-corrected chi connectivity index (χ4v) is 3.49. The van der Waals surface area contributed by atoms with Crippen molar-refractivity contribution in [3.05, 3.63) is 41.7 Å². The third kappa shape index (κ3) is 3.38. The maximum Gasteiger partial charge on any atom is 0.247 e. The van der Waals surface area contributed by atoms with E-state index in [1.54, 1.807) is 12.4 Å². The Bertz CT molecular complexity index is 545. The normalized spacial score (nSPS) is 28.8. The van der Waals surface area contributed by atoms with Crippen LogP contribution in [0.1, 0.15) is 56.9 Å². The Kier molecular flexibility index (Phi) is 4.57. The van der Waals surface area contributed by atoms with Gasteiger partial charge in [-0.25, -0.2) is 0 Å². The second-order valence-corrected chi connectivity index (χ2v) is 6.50. The fraction of sp³-hybridized carbons (Fsp3) is 0.556. The van der Waals surface area contributed by atoms with Gasteiger partial charge in [-0.1, -0.05) is 12.1 Å². The Balaban J connectivity index is 1.55. The van der Waals surface area contributed by atoms with E-state index in [1.165, 1.54) is 6.42 Å². The van der Waals surface area contributed by atoms with E-state index in [0.29, 0.717) is 12.8 Å². The van der Waals surface area contributed by atoms with Gasteiger partial charge in [-0.05, 0) is 57.4 Å². The van der Waals surface area contributed by atoms with E-state index in [9.17, 15) is 9.90 Å². The van der Waals surface area contributed by atoms with Gasteiger partial charge in [-0.2, -0.15) is 0 Å². The number of pyridine rings is 1. The molecule has 0 spiro atoms. The Morgan fingerprint density at radius 3 is 2.77 bits per heavy atom. The molecule has 4 nitrogen and oxygen atoms in total. The topological polar surface area (TPSA) is 62.2 Å². The van der Waals surface area contributed by atoms with Crippen LogP contribution in [0.25, 0.3) is 0 Å². The molecule has 2 N–H and O–H groups in total. The number of carbonyl (C=O) groups is 1. The number of rotatable bonds is 3. The van der Waals surface area contributed by atoms with E-state index in [4.69, 9.17) is 0 Å². The Morgan fingerprint density at radius 1 is 1.32 bits per heavy atom. The molecule has 2 aliphatic rings. The van der Waals surface area contributed by atoms with E-state index in [2.05, 4.69) is 16.4 Å². The molecular weight excluding hydrogens is 276 g/mol. The van der Waals surface area contributed by atoms with Crippen molar-refractivity contribution in [3.63, 3.8) is 0 Å². The smallest absolute Gasteiger partial charge is 0.247 e. The summed E-state index contributed by atoms with van der Waals surface area (Å²) in [6.07, 6.45) is 12.7. The molecule has 2 aliphatic carbocycles. The molecular formula is C18H24N2O2. The van der Waals surface area contributed by atoms with Gasteiger partial charge in [-0.15, -0.1) is 0 Å². The fourth-order valence-electron chi connectivity index (χ4n) is 3.49. The van der Waals surface area contributed by atoms with Crippen LogP contribution in [-0.2, 0) is 10.4 Å². The summed E-state index contributed by atoms with van der Waals surface area (Å²) in [4.78, 5) is 16.3. The molecule has 1 saturated carbocycles. The van der Waals surface area contributed by atoms with Gasteiger partial charge in [-0.3, -0.25) is 9.78 Å².